The molecule has 36 heavy (non-hydrogen) atoms. The van der Waals surface area contributed by atoms with Gasteiger partial charge in [0.05, 0.1) is 18.2 Å². The van der Waals surface area contributed by atoms with Crippen LogP contribution in [0.15, 0.2) is 30.5 Å². The second-order valence-corrected chi connectivity index (χ2v) is 11.6. The zero-order chi connectivity index (χ0) is 25.2. The fourth-order valence-corrected chi connectivity index (χ4v) is 6.10. The number of hydrogen-bond donors (Lipinski definition) is 4. The largest absolute Gasteiger partial charge is 0.387 e. The van der Waals surface area contributed by atoms with Crippen molar-refractivity contribution in [2.24, 2.45) is 0 Å². The van der Waals surface area contributed by atoms with Crippen LogP contribution in [0.1, 0.15) is 23.8 Å². The average Bonchev–Trinajstić information content (AvgIpc) is 3.47. The molecule has 192 valence electrons. The molecule has 4 heterocycles. The highest BCUT2D eigenvalue weighted by atomic mass is 35.5. The fraction of sp³-hybridized carbons (Fsp3) is 0.500. The van der Waals surface area contributed by atoms with Gasteiger partial charge in [-0.25, -0.2) is 4.68 Å². The number of ether oxygens (including phenoxy) is 2. The highest BCUT2D eigenvalue weighted by Crippen LogP contribution is 2.47. The van der Waals surface area contributed by atoms with Gasteiger partial charge in [0.2, 0.25) is 5.28 Å². The molecule has 12 nitrogen and oxygen atoms in total. The number of nitrogens with zero attached hydrogens (tertiary/aromatic N) is 5. The first-order valence-corrected chi connectivity index (χ1v) is 13.7. The van der Waals surface area contributed by atoms with Crippen LogP contribution in [0.2, 0.25) is 5.28 Å². The van der Waals surface area contributed by atoms with Crippen LogP contribution in [0, 0.1) is 0 Å². The fourth-order valence-electron chi connectivity index (χ4n) is 5.60. The van der Waals surface area contributed by atoms with Crippen LogP contribution >= 0.6 is 19.2 Å². The van der Waals surface area contributed by atoms with Crippen LogP contribution < -0.4 is 4.90 Å². The molecule has 6 rings (SSSR count). The lowest BCUT2D eigenvalue weighted by Crippen LogP contribution is -2.58. The number of aromatic nitrogens is 4. The van der Waals surface area contributed by atoms with Gasteiger partial charge in [-0.3, -0.25) is 4.57 Å². The van der Waals surface area contributed by atoms with E-state index >= 15 is 0 Å². The number of aliphatic hydroxyl groups is 2. The lowest BCUT2D eigenvalue weighted by Gasteiger charge is -2.49. The number of anilines is 1. The molecule has 2 aliphatic heterocycles. The zero-order valence-corrected chi connectivity index (χ0v) is 20.7. The normalized spacial score (nSPS) is 27.1. The molecule has 1 aromatic carbocycles. The number of benzene rings is 1. The molecule has 4 N–H and O–H groups in total. The van der Waals surface area contributed by atoms with E-state index in [0.717, 1.165) is 25.9 Å². The van der Waals surface area contributed by atoms with Gasteiger partial charge in [0.25, 0.3) is 0 Å². The first kappa shape index (κ1) is 24.2. The summed E-state index contributed by atoms with van der Waals surface area (Å²) in [6.45, 7) is 1.26. The third kappa shape index (κ3) is 4.02. The molecule has 3 aliphatic rings. The first-order valence-electron chi connectivity index (χ1n) is 11.5. The van der Waals surface area contributed by atoms with E-state index in [9.17, 15) is 14.8 Å². The molecule has 0 radical (unpaired) electrons. The van der Waals surface area contributed by atoms with E-state index in [4.69, 9.17) is 30.9 Å². The Balaban J connectivity index is 1.24. The molecule has 1 aliphatic carbocycles. The van der Waals surface area contributed by atoms with Crippen molar-refractivity contribution in [3.8, 4) is 0 Å². The Morgan fingerprint density at radius 2 is 1.97 bits per heavy atom. The number of hydrogen-bond acceptors (Lipinski definition) is 9. The van der Waals surface area contributed by atoms with Crippen molar-refractivity contribution >= 4 is 36.0 Å². The Morgan fingerprint density at radius 3 is 2.75 bits per heavy atom. The van der Waals surface area contributed by atoms with Crippen molar-refractivity contribution in [2.75, 3.05) is 30.9 Å². The predicted octanol–water partition coefficient (Wildman–Crippen LogP) is 0.955. The van der Waals surface area contributed by atoms with Gasteiger partial charge in [-0.2, -0.15) is 15.1 Å². The second kappa shape index (κ2) is 8.71. The SMILES string of the molecule is O=P(O)(O)COC[C@H]1O[C@@H](n2ncc3c(N4CC5(CCc6ccccc65)C4)nc(Cl)nc32)[C@H](O)[C@@H]1O. The maximum Gasteiger partial charge on any atom is 0.350 e. The third-order valence-corrected chi connectivity index (χ3v) is 7.96. The maximum absolute atomic E-state index is 11.0. The quantitative estimate of drug-likeness (QED) is 0.261. The van der Waals surface area contributed by atoms with Gasteiger partial charge in [0, 0.05) is 18.5 Å². The smallest absolute Gasteiger partial charge is 0.350 e. The van der Waals surface area contributed by atoms with Crippen molar-refractivity contribution in [1.29, 1.82) is 0 Å². The lowest BCUT2D eigenvalue weighted by atomic mass is 9.75. The molecule has 2 saturated heterocycles. The van der Waals surface area contributed by atoms with E-state index in [1.807, 2.05) is 0 Å². The minimum absolute atomic E-state index is 0.0154. The molecule has 0 bridgehead atoms. The van der Waals surface area contributed by atoms with Crippen LogP contribution in [0.5, 0.6) is 0 Å². The highest BCUT2D eigenvalue weighted by molar-refractivity contribution is 7.51. The second-order valence-electron chi connectivity index (χ2n) is 9.65. The molecule has 0 saturated carbocycles. The molecule has 0 amide bonds. The minimum atomic E-state index is -4.38. The molecule has 4 atom stereocenters. The Labute approximate surface area is 210 Å². The monoisotopic (exact) mass is 537 g/mol. The molecule has 3 aromatic rings. The summed E-state index contributed by atoms with van der Waals surface area (Å²) in [5.74, 6) is 0.640. The lowest BCUT2D eigenvalue weighted by molar-refractivity contribution is -0.0658. The average molecular weight is 538 g/mol. The molecular formula is C22H25ClN5O7P. The molecule has 0 unspecified atom stereocenters. The first-order chi connectivity index (χ1) is 17.2. The molecule has 14 heteroatoms. The molecule has 2 aromatic heterocycles. The molecular weight excluding hydrogens is 513 g/mol. The zero-order valence-electron chi connectivity index (χ0n) is 19.0. The van der Waals surface area contributed by atoms with Crippen molar-refractivity contribution in [2.45, 2.75) is 42.8 Å². The van der Waals surface area contributed by atoms with Crippen molar-refractivity contribution in [3.63, 3.8) is 0 Å². The van der Waals surface area contributed by atoms with Gasteiger partial charge in [-0.1, -0.05) is 24.3 Å². The number of halogens is 1. The Kier molecular flexibility index (Phi) is 5.86. The van der Waals surface area contributed by atoms with E-state index in [1.54, 1.807) is 6.20 Å². The maximum atomic E-state index is 11.0. The predicted molar refractivity (Wildman–Crippen MR) is 128 cm³/mol. The molecule has 1 spiro atoms. The van der Waals surface area contributed by atoms with Crippen LogP contribution in [-0.4, -0.2) is 84.1 Å². The van der Waals surface area contributed by atoms with E-state index in [2.05, 4.69) is 44.2 Å². The Morgan fingerprint density at radius 1 is 1.19 bits per heavy atom. The van der Waals surface area contributed by atoms with Crippen molar-refractivity contribution in [1.82, 2.24) is 19.7 Å². The summed E-state index contributed by atoms with van der Waals surface area (Å²) in [5.41, 5.74) is 3.20. The Hall–Kier alpha value is -2.15. The van der Waals surface area contributed by atoms with Crippen molar-refractivity contribution < 1.29 is 34.0 Å². The topological polar surface area (TPSA) is 163 Å². The van der Waals surface area contributed by atoms with Crippen LogP contribution in [0.4, 0.5) is 5.82 Å². The summed E-state index contributed by atoms with van der Waals surface area (Å²) in [4.78, 5) is 28.8. The third-order valence-electron chi connectivity index (χ3n) is 7.27. The van der Waals surface area contributed by atoms with Crippen LogP contribution in [0.3, 0.4) is 0 Å². The van der Waals surface area contributed by atoms with Crippen LogP contribution in [0.25, 0.3) is 11.0 Å². The van der Waals surface area contributed by atoms with Gasteiger partial charge in [-0.05, 0) is 35.6 Å². The number of aliphatic hydroxyl groups excluding tert-OH is 2. The summed E-state index contributed by atoms with van der Waals surface area (Å²) >= 11 is 6.29. The molecule has 2 fully saturated rings. The number of rotatable bonds is 6. The van der Waals surface area contributed by atoms with Gasteiger partial charge in [-0.15, -0.1) is 0 Å². The summed E-state index contributed by atoms with van der Waals surface area (Å²) < 4.78 is 23.1. The van der Waals surface area contributed by atoms with E-state index in [1.165, 1.54) is 15.8 Å². The van der Waals surface area contributed by atoms with E-state index in [-0.39, 0.29) is 17.3 Å². The Bertz CT molecular complexity index is 1360. The summed E-state index contributed by atoms with van der Waals surface area (Å²) in [6, 6.07) is 8.53. The number of fused-ring (bicyclic) bond motifs is 3. The van der Waals surface area contributed by atoms with Gasteiger partial charge in [0.1, 0.15) is 30.5 Å². The van der Waals surface area contributed by atoms with E-state index in [0.29, 0.717) is 16.9 Å². The van der Waals surface area contributed by atoms with Crippen molar-refractivity contribution in [3.05, 3.63) is 46.9 Å². The van der Waals surface area contributed by atoms with E-state index < -0.39 is 38.5 Å². The van der Waals surface area contributed by atoms with Gasteiger partial charge >= 0.3 is 7.60 Å². The van der Waals surface area contributed by atoms with Gasteiger partial charge in [0.15, 0.2) is 11.9 Å². The highest BCUT2D eigenvalue weighted by Gasteiger charge is 2.49. The summed E-state index contributed by atoms with van der Waals surface area (Å²) in [6.07, 6.45) is -1.98. The number of aryl methyl sites for hydroxylation is 1. The summed E-state index contributed by atoms with van der Waals surface area (Å²) in [7, 11) is -4.38. The standard InChI is InChI=1S/C22H25ClN5O7P/c23-21-25-18(27-9-22(10-27)6-5-12-3-1-2-4-14(12)22)13-7-24-28(19(13)26-21)20-17(30)16(29)15(35-20)8-34-11-36(31,32)33/h1-4,7,15-17,20,29-30H,5-6,8-11H2,(H2,31,32,33)/t15-,16-,17-,20-/m1/s1. The van der Waals surface area contributed by atoms with Gasteiger partial charge < -0.3 is 34.4 Å². The van der Waals surface area contributed by atoms with Crippen LogP contribution in [-0.2, 0) is 25.9 Å². The minimum Gasteiger partial charge on any atom is -0.387 e. The summed E-state index contributed by atoms with van der Waals surface area (Å²) in [5, 5.41) is 26.0.